The Morgan fingerprint density at radius 1 is 0.944 bits per heavy atom. The monoisotopic (exact) mass is 543 g/mol. The molecule has 4 atom stereocenters. The number of nitrogens with two attached hydrogens (primary N) is 2. The number of amides is 3. The largest absolute Gasteiger partial charge is 0.508 e. The Labute approximate surface area is 220 Å². The van der Waals surface area contributed by atoms with E-state index in [2.05, 4.69) is 28.6 Å². The molecule has 13 heteroatoms. The number of carbonyl (C=O) groups is 4. The van der Waals surface area contributed by atoms with Gasteiger partial charge in [-0.25, -0.2) is 4.79 Å². The van der Waals surface area contributed by atoms with Gasteiger partial charge >= 0.3 is 5.97 Å². The van der Waals surface area contributed by atoms with E-state index < -0.39 is 47.9 Å². The van der Waals surface area contributed by atoms with Crippen LogP contribution in [0.1, 0.15) is 31.2 Å². The molecule has 202 valence electrons. The Balaban J connectivity index is 2.80. The Bertz CT molecular complexity index is 858. The van der Waals surface area contributed by atoms with E-state index in [1.54, 1.807) is 12.1 Å². The van der Waals surface area contributed by atoms with Gasteiger partial charge in [0.25, 0.3) is 0 Å². The van der Waals surface area contributed by atoms with Crippen LogP contribution in [0.5, 0.6) is 5.75 Å². The first kappa shape index (κ1) is 31.5. The second-order valence-electron chi connectivity index (χ2n) is 8.25. The van der Waals surface area contributed by atoms with Crippen LogP contribution in [0.4, 0.5) is 0 Å². The molecule has 0 aliphatic rings. The van der Waals surface area contributed by atoms with Crippen LogP contribution >= 0.6 is 24.4 Å². The third-order valence-electron chi connectivity index (χ3n) is 5.35. The van der Waals surface area contributed by atoms with Crippen LogP contribution in [0.2, 0.25) is 0 Å². The molecule has 3 amide bonds. The van der Waals surface area contributed by atoms with Crippen LogP contribution in [0.3, 0.4) is 0 Å². The second kappa shape index (κ2) is 17.1. The Morgan fingerprint density at radius 3 is 2.08 bits per heavy atom. The number of aromatic hydroxyl groups is 1. The Hall–Kier alpha value is -2.48. The lowest BCUT2D eigenvalue weighted by Crippen LogP contribution is -2.57. The highest BCUT2D eigenvalue weighted by Crippen LogP contribution is 2.11. The van der Waals surface area contributed by atoms with Crippen molar-refractivity contribution in [3.8, 4) is 5.75 Å². The van der Waals surface area contributed by atoms with Crippen LogP contribution < -0.4 is 27.4 Å². The molecule has 0 radical (unpaired) electrons. The molecule has 1 aromatic rings. The van der Waals surface area contributed by atoms with Gasteiger partial charge in [0.2, 0.25) is 17.7 Å². The minimum atomic E-state index is -1.18. The molecule has 0 aromatic heterocycles. The molecule has 9 N–H and O–H groups in total. The number of nitrogens with one attached hydrogen (secondary N) is 3. The van der Waals surface area contributed by atoms with E-state index in [0.717, 1.165) is 5.56 Å². The number of phenolic OH excluding ortho intramolecular Hbond substituents is 1. The van der Waals surface area contributed by atoms with Gasteiger partial charge in [-0.2, -0.15) is 24.4 Å². The number of phenols is 1. The van der Waals surface area contributed by atoms with Crippen molar-refractivity contribution in [2.75, 3.05) is 24.3 Å². The fourth-order valence-corrected chi connectivity index (χ4v) is 3.98. The van der Waals surface area contributed by atoms with Crippen molar-refractivity contribution in [1.29, 1.82) is 0 Å². The van der Waals surface area contributed by atoms with Gasteiger partial charge < -0.3 is 37.6 Å². The smallest absolute Gasteiger partial charge is 0.326 e. The van der Waals surface area contributed by atoms with Crippen molar-refractivity contribution >= 4 is 48.1 Å². The number of hydrogen-bond acceptors (Lipinski definition) is 9. The number of unbranched alkanes of at least 4 members (excludes halogenated alkanes) is 1. The molecule has 0 bridgehead atoms. The minimum Gasteiger partial charge on any atom is -0.508 e. The number of thiol groups is 1. The number of carboxylic acid groups (broad SMARTS) is 1. The first-order valence-corrected chi connectivity index (χ1v) is 13.6. The number of rotatable bonds is 17. The number of carbonyl (C=O) groups excluding carboxylic acids is 3. The van der Waals surface area contributed by atoms with Crippen molar-refractivity contribution in [3.63, 3.8) is 0 Å². The Kier molecular flexibility index (Phi) is 14.9. The van der Waals surface area contributed by atoms with Crippen LogP contribution in [-0.4, -0.2) is 82.4 Å². The van der Waals surface area contributed by atoms with E-state index in [-0.39, 0.29) is 24.3 Å². The van der Waals surface area contributed by atoms with Gasteiger partial charge in [-0.1, -0.05) is 12.1 Å². The van der Waals surface area contributed by atoms with E-state index in [9.17, 15) is 29.4 Å². The highest BCUT2D eigenvalue weighted by molar-refractivity contribution is 7.98. The molecule has 0 fully saturated rings. The predicted molar refractivity (Wildman–Crippen MR) is 143 cm³/mol. The third-order valence-corrected chi connectivity index (χ3v) is 6.36. The predicted octanol–water partition coefficient (Wildman–Crippen LogP) is -0.387. The lowest BCUT2D eigenvalue weighted by molar-refractivity contribution is -0.142. The summed E-state index contributed by atoms with van der Waals surface area (Å²) in [4.78, 5) is 49.8. The quantitative estimate of drug-likeness (QED) is 0.0953. The van der Waals surface area contributed by atoms with Crippen LogP contribution in [0.15, 0.2) is 24.3 Å². The molecule has 0 saturated heterocycles. The normalized spacial score (nSPS) is 14.2. The van der Waals surface area contributed by atoms with Crippen LogP contribution in [0.25, 0.3) is 0 Å². The highest BCUT2D eigenvalue weighted by Gasteiger charge is 2.29. The average molecular weight is 544 g/mol. The molecule has 4 unspecified atom stereocenters. The van der Waals surface area contributed by atoms with Gasteiger partial charge in [0, 0.05) is 5.75 Å². The Morgan fingerprint density at radius 2 is 1.53 bits per heavy atom. The standard InChI is InChI=1S/C23H37N5O6S2/c1-36-11-9-17(26-20(30)16(25)12-14-5-7-15(29)8-6-14)21(31)28-19(13-35)22(32)27-18(23(33)34)4-2-3-10-24/h5-8,16-19,29,35H,2-4,9-13,24-25H2,1H3,(H,26,30)(H,27,32)(H,28,31)(H,33,34). The summed E-state index contributed by atoms with van der Waals surface area (Å²) in [6.07, 6.45) is 3.70. The first-order valence-electron chi connectivity index (χ1n) is 11.6. The van der Waals surface area contributed by atoms with E-state index in [1.165, 1.54) is 23.9 Å². The van der Waals surface area contributed by atoms with Gasteiger partial charge in [-0.05, 0) is 68.4 Å². The van der Waals surface area contributed by atoms with Gasteiger partial charge in [0.05, 0.1) is 6.04 Å². The third kappa shape index (κ3) is 11.5. The summed E-state index contributed by atoms with van der Waals surface area (Å²) in [5.41, 5.74) is 12.2. The molecule has 1 aromatic carbocycles. The van der Waals surface area contributed by atoms with Gasteiger partial charge in [-0.15, -0.1) is 0 Å². The number of thioether (sulfide) groups is 1. The van der Waals surface area contributed by atoms with Gasteiger partial charge in [-0.3, -0.25) is 14.4 Å². The second-order valence-corrected chi connectivity index (χ2v) is 9.60. The van der Waals surface area contributed by atoms with Crippen LogP contribution in [-0.2, 0) is 25.6 Å². The zero-order valence-electron chi connectivity index (χ0n) is 20.3. The number of aliphatic carboxylic acids is 1. The van der Waals surface area contributed by atoms with Crippen molar-refractivity contribution in [3.05, 3.63) is 29.8 Å². The fourth-order valence-electron chi connectivity index (χ4n) is 3.25. The lowest BCUT2D eigenvalue weighted by atomic mass is 10.0. The molecule has 0 aliphatic heterocycles. The molecule has 0 spiro atoms. The van der Waals surface area contributed by atoms with Gasteiger partial charge in [0.15, 0.2) is 0 Å². The summed E-state index contributed by atoms with van der Waals surface area (Å²) in [5, 5.41) is 26.4. The van der Waals surface area contributed by atoms with E-state index >= 15 is 0 Å². The maximum Gasteiger partial charge on any atom is 0.326 e. The molecule has 0 heterocycles. The fraction of sp³-hybridized carbons (Fsp3) is 0.565. The molecule has 0 aliphatic carbocycles. The zero-order valence-corrected chi connectivity index (χ0v) is 22.0. The summed E-state index contributed by atoms with van der Waals surface area (Å²) >= 11 is 5.61. The van der Waals surface area contributed by atoms with Crippen molar-refractivity contribution < 1.29 is 29.4 Å². The topological polar surface area (TPSA) is 197 Å². The summed E-state index contributed by atoms with van der Waals surface area (Å²) in [6, 6.07) is 2.17. The molecular formula is C23H37N5O6S2. The summed E-state index contributed by atoms with van der Waals surface area (Å²) in [5.74, 6) is -2.42. The molecule has 1 rings (SSSR count). The van der Waals surface area contributed by atoms with Crippen LogP contribution in [0, 0.1) is 0 Å². The summed E-state index contributed by atoms with van der Waals surface area (Å²) in [7, 11) is 0. The van der Waals surface area contributed by atoms with E-state index in [0.29, 0.717) is 31.6 Å². The highest BCUT2D eigenvalue weighted by atomic mass is 32.2. The minimum absolute atomic E-state index is 0.0731. The number of hydrogen-bond donors (Lipinski definition) is 8. The average Bonchev–Trinajstić information content (AvgIpc) is 2.85. The first-order chi connectivity index (χ1) is 17.1. The molecular weight excluding hydrogens is 506 g/mol. The van der Waals surface area contributed by atoms with Crippen molar-refractivity contribution in [1.82, 2.24) is 16.0 Å². The number of benzene rings is 1. The summed E-state index contributed by atoms with van der Waals surface area (Å²) < 4.78 is 0. The molecule has 0 saturated carbocycles. The molecule has 36 heavy (non-hydrogen) atoms. The maximum atomic E-state index is 13.0. The summed E-state index contributed by atoms with van der Waals surface area (Å²) in [6.45, 7) is 0.414. The molecule has 11 nitrogen and oxygen atoms in total. The lowest BCUT2D eigenvalue weighted by Gasteiger charge is -2.24. The maximum absolute atomic E-state index is 13.0. The van der Waals surface area contributed by atoms with E-state index in [4.69, 9.17) is 11.5 Å². The SMILES string of the molecule is CSCCC(NC(=O)C(N)Cc1ccc(O)cc1)C(=O)NC(CS)C(=O)NC(CCCCN)C(=O)O. The number of carboxylic acids is 1. The van der Waals surface area contributed by atoms with E-state index in [1.807, 2.05) is 6.26 Å². The van der Waals surface area contributed by atoms with Gasteiger partial charge in [0.1, 0.15) is 23.9 Å². The zero-order chi connectivity index (χ0) is 27.1. The van der Waals surface area contributed by atoms with Crippen molar-refractivity contribution in [2.24, 2.45) is 11.5 Å². The van der Waals surface area contributed by atoms with Crippen molar-refractivity contribution in [2.45, 2.75) is 56.3 Å².